The molecule has 0 spiro atoms. The van der Waals surface area contributed by atoms with Crippen molar-refractivity contribution in [1.82, 2.24) is 9.88 Å². The Kier molecular flexibility index (Phi) is 3.79. The molecule has 1 aliphatic heterocycles. The fourth-order valence-electron chi connectivity index (χ4n) is 2.55. The SMILES string of the molecule is CC(C)(C(N)Cc1cccnc1)N1CCCC1. The number of pyridine rings is 1. The fraction of sp³-hybridized carbons (Fsp3) is 0.643. The third-order valence-corrected chi connectivity index (χ3v) is 4.01. The van der Waals surface area contributed by atoms with Crippen LogP contribution in [0.25, 0.3) is 0 Å². The van der Waals surface area contributed by atoms with Gasteiger partial charge < -0.3 is 5.73 Å². The van der Waals surface area contributed by atoms with Gasteiger partial charge in [0.2, 0.25) is 0 Å². The van der Waals surface area contributed by atoms with Crippen molar-refractivity contribution in [1.29, 1.82) is 0 Å². The summed E-state index contributed by atoms with van der Waals surface area (Å²) in [6.07, 6.45) is 7.24. The third-order valence-electron chi connectivity index (χ3n) is 4.01. The van der Waals surface area contributed by atoms with Crippen LogP contribution in [0, 0.1) is 0 Å². The van der Waals surface area contributed by atoms with Gasteiger partial charge in [0, 0.05) is 24.0 Å². The lowest BCUT2D eigenvalue weighted by atomic mass is 9.89. The second-order valence-corrected chi connectivity index (χ2v) is 5.52. The van der Waals surface area contributed by atoms with E-state index in [-0.39, 0.29) is 11.6 Å². The topological polar surface area (TPSA) is 42.1 Å². The van der Waals surface area contributed by atoms with Crippen molar-refractivity contribution in [2.75, 3.05) is 13.1 Å². The highest BCUT2D eigenvalue weighted by atomic mass is 15.2. The summed E-state index contributed by atoms with van der Waals surface area (Å²) in [5.41, 5.74) is 7.70. The van der Waals surface area contributed by atoms with Gasteiger partial charge in [0.25, 0.3) is 0 Å². The van der Waals surface area contributed by atoms with Crippen molar-refractivity contribution in [3.05, 3.63) is 30.1 Å². The molecule has 0 saturated carbocycles. The molecule has 2 N–H and O–H groups in total. The summed E-state index contributed by atoms with van der Waals surface area (Å²) < 4.78 is 0. The minimum absolute atomic E-state index is 0.0757. The second-order valence-electron chi connectivity index (χ2n) is 5.52. The molecule has 17 heavy (non-hydrogen) atoms. The van der Waals surface area contributed by atoms with Gasteiger partial charge in [-0.3, -0.25) is 9.88 Å². The molecule has 0 aliphatic carbocycles. The van der Waals surface area contributed by atoms with Crippen LogP contribution in [0.5, 0.6) is 0 Å². The Hall–Kier alpha value is -0.930. The molecule has 2 rings (SSSR count). The van der Waals surface area contributed by atoms with E-state index < -0.39 is 0 Å². The Morgan fingerprint density at radius 1 is 1.41 bits per heavy atom. The molecule has 0 aromatic carbocycles. The van der Waals surface area contributed by atoms with E-state index >= 15 is 0 Å². The van der Waals surface area contributed by atoms with Crippen molar-refractivity contribution in [3.63, 3.8) is 0 Å². The minimum Gasteiger partial charge on any atom is -0.326 e. The van der Waals surface area contributed by atoms with Crippen molar-refractivity contribution >= 4 is 0 Å². The molecule has 1 fully saturated rings. The molecule has 1 saturated heterocycles. The van der Waals surface area contributed by atoms with E-state index in [9.17, 15) is 0 Å². The Bertz CT molecular complexity index is 342. The Labute approximate surface area is 104 Å². The fourth-order valence-corrected chi connectivity index (χ4v) is 2.55. The zero-order valence-electron chi connectivity index (χ0n) is 10.9. The van der Waals surface area contributed by atoms with E-state index in [2.05, 4.69) is 29.8 Å². The average Bonchev–Trinajstić information content (AvgIpc) is 2.84. The number of nitrogens with two attached hydrogens (primary N) is 1. The van der Waals surface area contributed by atoms with Crippen LogP contribution >= 0.6 is 0 Å². The minimum atomic E-state index is 0.0757. The molecule has 0 amide bonds. The number of aromatic nitrogens is 1. The van der Waals surface area contributed by atoms with E-state index in [0.29, 0.717) is 0 Å². The zero-order valence-corrected chi connectivity index (χ0v) is 10.9. The van der Waals surface area contributed by atoms with Crippen molar-refractivity contribution in [3.8, 4) is 0 Å². The molecule has 1 unspecified atom stereocenters. The smallest absolute Gasteiger partial charge is 0.0307 e. The van der Waals surface area contributed by atoms with Crippen LogP contribution < -0.4 is 5.73 Å². The summed E-state index contributed by atoms with van der Waals surface area (Å²) in [4.78, 5) is 6.67. The Morgan fingerprint density at radius 3 is 2.71 bits per heavy atom. The normalized spacial score (nSPS) is 19.5. The molecule has 1 aliphatic rings. The lowest BCUT2D eigenvalue weighted by molar-refractivity contribution is 0.123. The lowest BCUT2D eigenvalue weighted by Crippen LogP contribution is -2.55. The number of hydrogen-bond acceptors (Lipinski definition) is 3. The Morgan fingerprint density at radius 2 is 2.12 bits per heavy atom. The first kappa shape index (κ1) is 12.5. The summed E-state index contributed by atoms with van der Waals surface area (Å²) >= 11 is 0. The van der Waals surface area contributed by atoms with Crippen LogP contribution in [-0.4, -0.2) is 34.6 Å². The molecule has 3 nitrogen and oxygen atoms in total. The van der Waals surface area contributed by atoms with Crippen molar-refractivity contribution in [2.24, 2.45) is 5.73 Å². The van der Waals surface area contributed by atoms with Gasteiger partial charge in [-0.2, -0.15) is 0 Å². The van der Waals surface area contributed by atoms with Crippen LogP contribution in [0.3, 0.4) is 0 Å². The zero-order chi connectivity index (χ0) is 12.3. The van der Waals surface area contributed by atoms with Gasteiger partial charge in [-0.1, -0.05) is 6.07 Å². The van der Waals surface area contributed by atoms with Gasteiger partial charge in [0.05, 0.1) is 0 Å². The summed E-state index contributed by atoms with van der Waals surface area (Å²) in [6, 6.07) is 4.24. The Balaban J connectivity index is 2.01. The molecule has 0 bridgehead atoms. The van der Waals surface area contributed by atoms with Crippen LogP contribution in [0.15, 0.2) is 24.5 Å². The molecule has 3 heteroatoms. The highest BCUT2D eigenvalue weighted by Gasteiger charge is 2.34. The first-order valence-electron chi connectivity index (χ1n) is 6.50. The largest absolute Gasteiger partial charge is 0.326 e. The van der Waals surface area contributed by atoms with Gasteiger partial charge in [0.15, 0.2) is 0 Å². The molecular weight excluding hydrogens is 210 g/mol. The van der Waals surface area contributed by atoms with Gasteiger partial charge in [-0.15, -0.1) is 0 Å². The quantitative estimate of drug-likeness (QED) is 0.862. The molecule has 1 aromatic rings. The van der Waals surface area contributed by atoms with Gasteiger partial charge in [-0.05, 0) is 57.8 Å². The standard InChI is InChI=1S/C14H23N3/c1-14(2,17-8-3-4-9-17)13(15)10-12-6-5-7-16-11-12/h5-7,11,13H,3-4,8-10,15H2,1-2H3. The number of nitrogens with zero attached hydrogens (tertiary/aromatic N) is 2. The molecular formula is C14H23N3. The molecule has 2 heterocycles. The predicted octanol–water partition coefficient (Wildman–Crippen LogP) is 1.83. The van der Waals surface area contributed by atoms with Gasteiger partial charge >= 0.3 is 0 Å². The maximum absolute atomic E-state index is 6.39. The summed E-state index contributed by atoms with van der Waals surface area (Å²) in [6.45, 7) is 6.90. The van der Waals surface area contributed by atoms with Gasteiger partial charge in [0.1, 0.15) is 0 Å². The summed E-state index contributed by atoms with van der Waals surface area (Å²) in [7, 11) is 0. The van der Waals surface area contributed by atoms with E-state index in [4.69, 9.17) is 5.73 Å². The van der Waals surface area contributed by atoms with Crippen molar-refractivity contribution in [2.45, 2.75) is 44.7 Å². The van der Waals surface area contributed by atoms with Crippen LogP contribution in [0.4, 0.5) is 0 Å². The van der Waals surface area contributed by atoms with Crippen LogP contribution in [0.2, 0.25) is 0 Å². The number of rotatable bonds is 4. The van der Waals surface area contributed by atoms with Crippen molar-refractivity contribution < 1.29 is 0 Å². The lowest BCUT2D eigenvalue weighted by Gasteiger charge is -2.40. The molecule has 0 radical (unpaired) electrons. The number of likely N-dealkylation sites (tertiary alicyclic amines) is 1. The highest BCUT2D eigenvalue weighted by molar-refractivity contribution is 5.12. The van der Waals surface area contributed by atoms with E-state index in [1.807, 2.05) is 12.3 Å². The highest BCUT2D eigenvalue weighted by Crippen LogP contribution is 2.24. The van der Waals surface area contributed by atoms with Crippen LogP contribution in [0.1, 0.15) is 32.3 Å². The summed E-state index contributed by atoms with van der Waals surface area (Å²) in [5.74, 6) is 0. The third kappa shape index (κ3) is 2.85. The first-order valence-corrected chi connectivity index (χ1v) is 6.50. The van der Waals surface area contributed by atoms with E-state index in [0.717, 1.165) is 6.42 Å². The monoisotopic (exact) mass is 233 g/mol. The van der Waals surface area contributed by atoms with Crippen LogP contribution in [-0.2, 0) is 6.42 Å². The molecule has 94 valence electrons. The second kappa shape index (κ2) is 5.15. The number of hydrogen-bond donors (Lipinski definition) is 1. The van der Waals surface area contributed by atoms with Gasteiger partial charge in [-0.25, -0.2) is 0 Å². The van der Waals surface area contributed by atoms with E-state index in [1.54, 1.807) is 6.20 Å². The summed E-state index contributed by atoms with van der Waals surface area (Å²) in [5, 5.41) is 0. The predicted molar refractivity (Wildman–Crippen MR) is 70.8 cm³/mol. The molecule has 1 atom stereocenters. The van der Waals surface area contributed by atoms with E-state index in [1.165, 1.54) is 31.5 Å². The maximum atomic E-state index is 6.39. The average molecular weight is 233 g/mol. The maximum Gasteiger partial charge on any atom is 0.0307 e. The first-order chi connectivity index (χ1) is 8.10. The molecule has 1 aromatic heterocycles.